The van der Waals surface area contributed by atoms with Gasteiger partial charge in [0.25, 0.3) is 0 Å². The summed E-state index contributed by atoms with van der Waals surface area (Å²) in [6.45, 7) is 2.10. The Bertz CT molecular complexity index is 234. The fraction of sp³-hybridized carbons (Fsp3) is 0.200. The van der Waals surface area contributed by atoms with Gasteiger partial charge in [0.1, 0.15) is 0 Å². The summed E-state index contributed by atoms with van der Waals surface area (Å²) in [5, 5.41) is 0. The standard InChI is InChI=1S/C10H11I/c1-9-4-6-10(7-5-9)3-2-8-11/h2-7H,8H2,1H3/b3-2+. The van der Waals surface area contributed by atoms with E-state index in [1.165, 1.54) is 11.1 Å². The molecule has 1 aromatic carbocycles. The SMILES string of the molecule is Cc1ccc(/C=C/CI)cc1. The number of aryl methyl sites for hydroxylation is 1. The molecule has 0 aromatic heterocycles. The van der Waals surface area contributed by atoms with Crippen molar-refractivity contribution in [3.63, 3.8) is 0 Å². The van der Waals surface area contributed by atoms with Crippen LogP contribution in [0.1, 0.15) is 11.1 Å². The van der Waals surface area contributed by atoms with Crippen LogP contribution in [0.15, 0.2) is 30.3 Å². The molecule has 0 aliphatic heterocycles. The minimum absolute atomic E-state index is 1.08. The molecule has 0 spiro atoms. The van der Waals surface area contributed by atoms with Gasteiger partial charge >= 0.3 is 0 Å². The number of hydrogen-bond acceptors (Lipinski definition) is 0. The fourth-order valence-corrected chi connectivity index (χ4v) is 1.11. The van der Waals surface area contributed by atoms with Gasteiger partial charge < -0.3 is 0 Å². The van der Waals surface area contributed by atoms with Crippen molar-refractivity contribution < 1.29 is 0 Å². The number of benzene rings is 1. The van der Waals surface area contributed by atoms with E-state index in [4.69, 9.17) is 0 Å². The zero-order chi connectivity index (χ0) is 8.10. The maximum Gasteiger partial charge on any atom is 0.0179 e. The molecule has 0 amide bonds. The summed E-state index contributed by atoms with van der Waals surface area (Å²) < 4.78 is 1.08. The summed E-state index contributed by atoms with van der Waals surface area (Å²) in [4.78, 5) is 0. The Balaban J connectivity index is 2.73. The van der Waals surface area contributed by atoms with Crippen LogP contribution in [0.25, 0.3) is 6.08 Å². The number of hydrogen-bond donors (Lipinski definition) is 0. The molecule has 0 fully saturated rings. The Morgan fingerprint density at radius 1 is 1.27 bits per heavy atom. The summed E-state index contributed by atoms with van der Waals surface area (Å²) >= 11 is 2.33. The second-order valence-electron chi connectivity index (χ2n) is 2.47. The number of allylic oxidation sites excluding steroid dienone is 1. The molecule has 0 atom stereocenters. The van der Waals surface area contributed by atoms with E-state index in [9.17, 15) is 0 Å². The molecule has 0 nitrogen and oxygen atoms in total. The van der Waals surface area contributed by atoms with Crippen LogP contribution in [-0.2, 0) is 0 Å². The number of halogens is 1. The van der Waals surface area contributed by atoms with Gasteiger partial charge in [0.2, 0.25) is 0 Å². The summed E-state index contributed by atoms with van der Waals surface area (Å²) in [5.74, 6) is 0. The first-order valence-corrected chi connectivity index (χ1v) is 5.14. The quantitative estimate of drug-likeness (QED) is 0.563. The van der Waals surface area contributed by atoms with E-state index in [-0.39, 0.29) is 0 Å². The highest BCUT2D eigenvalue weighted by atomic mass is 127. The lowest BCUT2D eigenvalue weighted by atomic mass is 10.1. The van der Waals surface area contributed by atoms with Gasteiger partial charge in [0.15, 0.2) is 0 Å². The fourth-order valence-electron chi connectivity index (χ4n) is 0.858. The van der Waals surface area contributed by atoms with E-state index in [2.05, 4.69) is 65.9 Å². The molecule has 0 radical (unpaired) electrons. The van der Waals surface area contributed by atoms with Gasteiger partial charge in [-0.05, 0) is 12.5 Å². The highest BCUT2D eigenvalue weighted by Crippen LogP contribution is 2.04. The van der Waals surface area contributed by atoms with Crippen molar-refractivity contribution in [1.82, 2.24) is 0 Å². The molecule has 0 heterocycles. The second kappa shape index (κ2) is 4.54. The number of rotatable bonds is 2. The molecule has 1 aromatic rings. The highest BCUT2D eigenvalue weighted by molar-refractivity contribution is 14.1. The van der Waals surface area contributed by atoms with Crippen molar-refractivity contribution in [2.24, 2.45) is 0 Å². The van der Waals surface area contributed by atoms with Gasteiger partial charge in [-0.2, -0.15) is 0 Å². The van der Waals surface area contributed by atoms with E-state index in [1.54, 1.807) is 0 Å². The van der Waals surface area contributed by atoms with Crippen LogP contribution < -0.4 is 0 Å². The van der Waals surface area contributed by atoms with E-state index >= 15 is 0 Å². The Labute approximate surface area is 81.5 Å². The molecular formula is C10H11I. The molecule has 1 rings (SSSR count). The maximum absolute atomic E-state index is 2.33. The molecule has 0 saturated carbocycles. The van der Waals surface area contributed by atoms with Gasteiger partial charge in [-0.3, -0.25) is 0 Å². The van der Waals surface area contributed by atoms with Crippen LogP contribution in [0.5, 0.6) is 0 Å². The third kappa shape index (κ3) is 3.06. The maximum atomic E-state index is 2.33. The van der Waals surface area contributed by atoms with Crippen molar-refractivity contribution in [2.45, 2.75) is 6.92 Å². The first-order chi connectivity index (χ1) is 5.33. The first kappa shape index (κ1) is 8.78. The van der Waals surface area contributed by atoms with Crippen molar-refractivity contribution in [3.05, 3.63) is 41.5 Å². The molecule has 58 valence electrons. The van der Waals surface area contributed by atoms with E-state index in [1.807, 2.05) is 0 Å². The van der Waals surface area contributed by atoms with E-state index in [0.717, 1.165) is 4.43 Å². The molecule has 1 heteroatoms. The van der Waals surface area contributed by atoms with Crippen molar-refractivity contribution >= 4 is 28.7 Å². The molecular weight excluding hydrogens is 247 g/mol. The molecule has 0 unspecified atom stereocenters. The van der Waals surface area contributed by atoms with E-state index < -0.39 is 0 Å². The molecule has 0 N–H and O–H groups in total. The second-order valence-corrected chi connectivity index (χ2v) is 3.35. The minimum Gasteiger partial charge on any atom is -0.0818 e. The predicted octanol–water partition coefficient (Wildman–Crippen LogP) is 3.44. The first-order valence-electron chi connectivity index (χ1n) is 3.62. The number of alkyl halides is 1. The Hall–Kier alpha value is -0.310. The normalized spacial score (nSPS) is 10.7. The predicted molar refractivity (Wildman–Crippen MR) is 59.1 cm³/mol. The monoisotopic (exact) mass is 258 g/mol. The van der Waals surface area contributed by atoms with E-state index in [0.29, 0.717) is 0 Å². The van der Waals surface area contributed by atoms with Gasteiger partial charge in [-0.25, -0.2) is 0 Å². The summed E-state index contributed by atoms with van der Waals surface area (Å²) in [6.07, 6.45) is 4.30. The van der Waals surface area contributed by atoms with Crippen molar-refractivity contribution in [1.29, 1.82) is 0 Å². The van der Waals surface area contributed by atoms with Gasteiger partial charge in [-0.15, -0.1) is 0 Å². The molecule has 0 saturated heterocycles. The van der Waals surface area contributed by atoms with Crippen LogP contribution in [0.2, 0.25) is 0 Å². The van der Waals surface area contributed by atoms with Crippen molar-refractivity contribution in [2.75, 3.05) is 4.43 Å². The summed E-state index contributed by atoms with van der Waals surface area (Å²) in [7, 11) is 0. The van der Waals surface area contributed by atoms with Crippen LogP contribution in [0, 0.1) is 6.92 Å². The molecule has 0 bridgehead atoms. The summed E-state index contributed by atoms with van der Waals surface area (Å²) in [6, 6.07) is 8.54. The molecule has 0 aliphatic carbocycles. The van der Waals surface area contributed by atoms with Crippen LogP contribution in [-0.4, -0.2) is 4.43 Å². The Kier molecular flexibility index (Phi) is 3.63. The smallest absolute Gasteiger partial charge is 0.0179 e. The zero-order valence-electron chi connectivity index (χ0n) is 6.55. The van der Waals surface area contributed by atoms with Crippen LogP contribution in [0.4, 0.5) is 0 Å². The lowest BCUT2D eigenvalue weighted by Crippen LogP contribution is -1.73. The third-order valence-electron chi connectivity index (χ3n) is 1.48. The highest BCUT2D eigenvalue weighted by Gasteiger charge is 1.84. The van der Waals surface area contributed by atoms with Gasteiger partial charge in [0, 0.05) is 4.43 Å². The van der Waals surface area contributed by atoms with Crippen LogP contribution >= 0.6 is 22.6 Å². The molecule has 11 heavy (non-hydrogen) atoms. The Morgan fingerprint density at radius 2 is 1.91 bits per heavy atom. The lowest BCUT2D eigenvalue weighted by Gasteiger charge is -1.93. The summed E-state index contributed by atoms with van der Waals surface area (Å²) in [5.41, 5.74) is 2.60. The average molecular weight is 258 g/mol. The Morgan fingerprint density at radius 3 is 2.45 bits per heavy atom. The average Bonchev–Trinajstić information content (AvgIpc) is 2.04. The minimum atomic E-state index is 1.08. The van der Waals surface area contributed by atoms with Gasteiger partial charge in [0.05, 0.1) is 0 Å². The third-order valence-corrected chi connectivity index (χ3v) is 1.99. The largest absolute Gasteiger partial charge is 0.0818 e. The van der Waals surface area contributed by atoms with Crippen molar-refractivity contribution in [3.8, 4) is 0 Å². The molecule has 0 aliphatic rings. The van der Waals surface area contributed by atoms with Gasteiger partial charge in [-0.1, -0.05) is 64.6 Å². The topological polar surface area (TPSA) is 0 Å². The van der Waals surface area contributed by atoms with Crippen LogP contribution in [0.3, 0.4) is 0 Å². The lowest BCUT2D eigenvalue weighted by molar-refractivity contribution is 1.46. The zero-order valence-corrected chi connectivity index (χ0v) is 8.71.